The highest BCUT2D eigenvalue weighted by Gasteiger charge is 2.41. The van der Waals surface area contributed by atoms with Crippen LogP contribution in [0.5, 0.6) is 5.75 Å². The summed E-state index contributed by atoms with van der Waals surface area (Å²) in [5.41, 5.74) is 9.10. The number of ether oxygens (including phenoxy) is 1. The summed E-state index contributed by atoms with van der Waals surface area (Å²) < 4.78 is 6.43. The number of benzene rings is 2. The Labute approximate surface area is 159 Å². The van der Waals surface area contributed by atoms with Gasteiger partial charge in [0.15, 0.2) is 0 Å². The summed E-state index contributed by atoms with van der Waals surface area (Å²) in [5.74, 6) is 0.626. The Morgan fingerprint density at radius 2 is 2.12 bits per heavy atom. The van der Waals surface area contributed by atoms with Crippen molar-refractivity contribution in [1.29, 1.82) is 5.26 Å². The molecule has 2 aromatic carbocycles. The summed E-state index contributed by atoms with van der Waals surface area (Å²) >= 11 is 6.37. The van der Waals surface area contributed by atoms with Crippen molar-refractivity contribution in [2.24, 2.45) is 5.73 Å². The van der Waals surface area contributed by atoms with Crippen LogP contribution < -0.4 is 10.5 Å². The van der Waals surface area contributed by atoms with Crippen LogP contribution in [-0.4, -0.2) is 30.1 Å². The fourth-order valence-corrected chi connectivity index (χ4v) is 4.55. The van der Waals surface area contributed by atoms with Gasteiger partial charge in [-0.2, -0.15) is 5.26 Å². The molecule has 4 rings (SSSR count). The standard InChI is InChI=1S/C21H22ClN3O/c22-18-10-14(12-23)7-8-20(18)26-21-17-6-2-1-4-15(17)11-19(21)25-9-3-5-16(25)13-24/h1-2,4,6-8,10,16,19,21H,3,5,9,11,13,24H2/t16-,19+,21+/m0/s1. The molecule has 0 amide bonds. The van der Waals surface area contributed by atoms with E-state index in [1.165, 1.54) is 17.5 Å². The molecular formula is C21H22ClN3O. The number of nitrogens with two attached hydrogens (primary N) is 1. The van der Waals surface area contributed by atoms with Gasteiger partial charge in [0, 0.05) is 12.6 Å². The average molecular weight is 368 g/mol. The van der Waals surface area contributed by atoms with Crippen molar-refractivity contribution in [3.05, 3.63) is 64.2 Å². The number of nitrogens with zero attached hydrogens (tertiary/aromatic N) is 2. The van der Waals surface area contributed by atoms with Crippen molar-refractivity contribution < 1.29 is 4.74 Å². The van der Waals surface area contributed by atoms with E-state index < -0.39 is 0 Å². The van der Waals surface area contributed by atoms with Crippen LogP contribution in [0.1, 0.15) is 35.6 Å². The SMILES string of the molecule is N#Cc1ccc(O[C@@H]2c3ccccc3C[C@H]2N2CCC[C@H]2CN)c(Cl)c1. The van der Waals surface area contributed by atoms with Gasteiger partial charge >= 0.3 is 0 Å². The molecule has 1 saturated heterocycles. The van der Waals surface area contributed by atoms with Gasteiger partial charge in [-0.25, -0.2) is 0 Å². The zero-order chi connectivity index (χ0) is 18.1. The Balaban J connectivity index is 1.67. The summed E-state index contributed by atoms with van der Waals surface area (Å²) in [6.45, 7) is 1.73. The van der Waals surface area contributed by atoms with Crippen molar-refractivity contribution in [3.8, 4) is 11.8 Å². The minimum Gasteiger partial charge on any atom is -0.482 e. The maximum atomic E-state index is 9.04. The summed E-state index contributed by atoms with van der Waals surface area (Å²) in [7, 11) is 0. The second kappa shape index (κ2) is 7.28. The van der Waals surface area contributed by atoms with E-state index in [4.69, 9.17) is 27.3 Å². The second-order valence-electron chi connectivity index (χ2n) is 7.04. The fourth-order valence-electron chi connectivity index (χ4n) is 4.32. The lowest BCUT2D eigenvalue weighted by atomic mass is 10.1. The lowest BCUT2D eigenvalue weighted by Gasteiger charge is -2.34. The van der Waals surface area contributed by atoms with E-state index >= 15 is 0 Å². The van der Waals surface area contributed by atoms with Gasteiger partial charge in [-0.15, -0.1) is 0 Å². The predicted octanol–water partition coefficient (Wildman–Crippen LogP) is 3.68. The number of likely N-dealkylation sites (tertiary alicyclic amines) is 1. The summed E-state index contributed by atoms with van der Waals surface area (Å²) in [4.78, 5) is 2.52. The maximum Gasteiger partial charge on any atom is 0.140 e. The minimum absolute atomic E-state index is 0.0798. The van der Waals surface area contributed by atoms with Crippen LogP contribution in [0.15, 0.2) is 42.5 Å². The van der Waals surface area contributed by atoms with Crippen LogP contribution in [0.3, 0.4) is 0 Å². The third-order valence-electron chi connectivity index (χ3n) is 5.58. The molecule has 134 valence electrons. The van der Waals surface area contributed by atoms with Crippen LogP contribution in [0.4, 0.5) is 0 Å². The molecule has 5 heteroatoms. The molecule has 2 N–H and O–H groups in total. The van der Waals surface area contributed by atoms with Gasteiger partial charge in [-0.1, -0.05) is 35.9 Å². The molecule has 0 radical (unpaired) electrons. The number of halogens is 1. The topological polar surface area (TPSA) is 62.3 Å². The van der Waals surface area contributed by atoms with Gasteiger partial charge in [-0.05, 0) is 55.1 Å². The Morgan fingerprint density at radius 1 is 1.27 bits per heavy atom. The average Bonchev–Trinajstić information content (AvgIpc) is 3.27. The number of fused-ring (bicyclic) bond motifs is 1. The van der Waals surface area contributed by atoms with E-state index in [1.54, 1.807) is 18.2 Å². The Bertz CT molecular complexity index is 847. The van der Waals surface area contributed by atoms with E-state index in [1.807, 2.05) is 0 Å². The van der Waals surface area contributed by atoms with Crippen molar-refractivity contribution >= 4 is 11.6 Å². The molecule has 0 unspecified atom stereocenters. The lowest BCUT2D eigenvalue weighted by Crippen LogP contribution is -2.45. The molecular weight excluding hydrogens is 346 g/mol. The zero-order valence-electron chi connectivity index (χ0n) is 14.6. The predicted molar refractivity (Wildman–Crippen MR) is 102 cm³/mol. The largest absolute Gasteiger partial charge is 0.482 e. The number of nitriles is 1. The van der Waals surface area contributed by atoms with Crippen molar-refractivity contribution in [2.45, 2.75) is 37.5 Å². The first-order chi connectivity index (χ1) is 12.7. The third kappa shape index (κ3) is 3.07. The van der Waals surface area contributed by atoms with E-state index in [9.17, 15) is 0 Å². The zero-order valence-corrected chi connectivity index (χ0v) is 15.3. The lowest BCUT2D eigenvalue weighted by molar-refractivity contribution is 0.0713. The smallest absolute Gasteiger partial charge is 0.140 e. The van der Waals surface area contributed by atoms with Crippen molar-refractivity contribution in [3.63, 3.8) is 0 Å². The van der Waals surface area contributed by atoms with Gasteiger partial charge in [0.25, 0.3) is 0 Å². The van der Waals surface area contributed by atoms with Crippen LogP contribution in [0.2, 0.25) is 5.02 Å². The first-order valence-electron chi connectivity index (χ1n) is 9.11. The van der Waals surface area contributed by atoms with E-state index in [2.05, 4.69) is 35.2 Å². The van der Waals surface area contributed by atoms with Gasteiger partial charge in [-0.3, -0.25) is 4.90 Å². The highest BCUT2D eigenvalue weighted by atomic mass is 35.5. The molecule has 0 saturated carbocycles. The number of hydrogen-bond donors (Lipinski definition) is 1. The van der Waals surface area contributed by atoms with Gasteiger partial charge < -0.3 is 10.5 Å². The van der Waals surface area contributed by atoms with Crippen LogP contribution in [-0.2, 0) is 6.42 Å². The molecule has 0 bridgehead atoms. The highest BCUT2D eigenvalue weighted by molar-refractivity contribution is 6.32. The highest BCUT2D eigenvalue weighted by Crippen LogP contribution is 2.41. The van der Waals surface area contributed by atoms with Crippen molar-refractivity contribution in [2.75, 3.05) is 13.1 Å². The monoisotopic (exact) mass is 367 g/mol. The quantitative estimate of drug-likeness (QED) is 0.895. The van der Waals surface area contributed by atoms with Crippen LogP contribution in [0, 0.1) is 11.3 Å². The summed E-state index contributed by atoms with van der Waals surface area (Å²) in [6, 6.07) is 16.4. The first-order valence-corrected chi connectivity index (χ1v) is 9.49. The number of rotatable bonds is 4. The normalized spacial score (nSPS) is 25.0. The molecule has 2 aromatic rings. The van der Waals surface area contributed by atoms with Crippen LogP contribution >= 0.6 is 11.6 Å². The van der Waals surface area contributed by atoms with Gasteiger partial charge in [0.05, 0.1) is 22.7 Å². The second-order valence-corrected chi connectivity index (χ2v) is 7.44. The molecule has 4 nitrogen and oxygen atoms in total. The van der Waals surface area contributed by atoms with Gasteiger partial charge in [0.1, 0.15) is 11.9 Å². The summed E-state index contributed by atoms with van der Waals surface area (Å²) in [6.07, 6.45) is 3.21. The molecule has 2 aliphatic rings. The maximum absolute atomic E-state index is 9.04. The Morgan fingerprint density at radius 3 is 2.88 bits per heavy atom. The Kier molecular flexibility index (Phi) is 4.86. The molecule has 0 spiro atoms. The van der Waals surface area contributed by atoms with E-state index in [0.717, 1.165) is 19.4 Å². The third-order valence-corrected chi connectivity index (χ3v) is 5.87. The first kappa shape index (κ1) is 17.4. The Hall–Kier alpha value is -2.06. The molecule has 3 atom stereocenters. The molecule has 1 fully saturated rings. The minimum atomic E-state index is -0.0798. The number of hydrogen-bond acceptors (Lipinski definition) is 4. The van der Waals surface area contributed by atoms with Crippen molar-refractivity contribution in [1.82, 2.24) is 4.90 Å². The van der Waals surface area contributed by atoms with E-state index in [0.29, 0.717) is 28.9 Å². The molecule has 1 heterocycles. The fraction of sp³-hybridized carbons (Fsp3) is 0.381. The summed E-state index contributed by atoms with van der Waals surface area (Å²) in [5, 5.41) is 9.52. The van der Waals surface area contributed by atoms with E-state index in [-0.39, 0.29) is 12.1 Å². The van der Waals surface area contributed by atoms with Gasteiger partial charge in [0.2, 0.25) is 0 Å². The molecule has 26 heavy (non-hydrogen) atoms. The molecule has 1 aliphatic carbocycles. The van der Waals surface area contributed by atoms with Crippen LogP contribution in [0.25, 0.3) is 0 Å². The molecule has 1 aliphatic heterocycles. The molecule has 0 aromatic heterocycles.